The van der Waals surface area contributed by atoms with E-state index in [1.807, 2.05) is 12.3 Å². The van der Waals surface area contributed by atoms with Crippen LogP contribution in [-0.2, 0) is 28.1 Å². The minimum atomic E-state index is -0.641. The molecule has 0 aromatic carbocycles. The number of fused-ring (bicyclic) bond motifs is 1. The highest BCUT2D eigenvalue weighted by Gasteiger charge is 2.42. The smallest absolute Gasteiger partial charge is 0.254 e. The van der Waals surface area contributed by atoms with Crippen molar-refractivity contribution in [3.8, 4) is 0 Å². The quantitative estimate of drug-likeness (QED) is 0.880. The fraction of sp³-hybridized carbons (Fsp3) is 0.533. The van der Waals surface area contributed by atoms with Crippen molar-refractivity contribution >= 4 is 22.4 Å². The Morgan fingerprint density at radius 2 is 2.30 bits per heavy atom. The second-order valence-corrected chi connectivity index (χ2v) is 6.96. The summed E-state index contributed by atoms with van der Waals surface area (Å²) in [5, 5.41) is 11.3. The van der Waals surface area contributed by atoms with Crippen molar-refractivity contribution in [2.24, 2.45) is 0 Å². The normalized spacial score (nSPS) is 20.0. The van der Waals surface area contributed by atoms with Crippen molar-refractivity contribution < 1.29 is 9.53 Å². The number of carbonyl (C=O) groups is 1. The number of anilines is 1. The van der Waals surface area contributed by atoms with Crippen molar-refractivity contribution in [1.82, 2.24) is 20.1 Å². The summed E-state index contributed by atoms with van der Waals surface area (Å²) < 4.78 is 7.24. The van der Waals surface area contributed by atoms with Crippen LogP contribution < -0.4 is 10.6 Å². The zero-order valence-electron chi connectivity index (χ0n) is 12.7. The number of ether oxygens (including phenoxy) is 1. The number of thiazole rings is 1. The first-order valence-corrected chi connectivity index (χ1v) is 8.68. The van der Waals surface area contributed by atoms with Crippen LogP contribution in [0.5, 0.6) is 0 Å². The van der Waals surface area contributed by atoms with E-state index in [9.17, 15) is 4.79 Å². The Bertz CT molecular complexity index is 667. The van der Waals surface area contributed by atoms with Crippen LogP contribution >= 0.6 is 11.3 Å². The maximum atomic E-state index is 13.0. The van der Waals surface area contributed by atoms with Gasteiger partial charge in [0, 0.05) is 18.8 Å². The zero-order chi connectivity index (χ0) is 15.7. The van der Waals surface area contributed by atoms with Crippen molar-refractivity contribution in [2.75, 3.05) is 25.0 Å². The van der Waals surface area contributed by atoms with E-state index in [2.05, 4.69) is 20.7 Å². The molecule has 0 aliphatic carbocycles. The van der Waals surface area contributed by atoms with Crippen LogP contribution in [-0.4, -0.2) is 40.4 Å². The minimum absolute atomic E-state index is 0.0327. The van der Waals surface area contributed by atoms with Crippen molar-refractivity contribution in [3.05, 3.63) is 29.0 Å². The van der Waals surface area contributed by atoms with E-state index in [1.54, 1.807) is 10.9 Å². The fourth-order valence-corrected chi connectivity index (χ4v) is 4.16. The number of hydrogen-bond acceptors (Lipinski definition) is 6. The van der Waals surface area contributed by atoms with Gasteiger partial charge in [0.15, 0.2) is 5.13 Å². The molecule has 4 rings (SSSR count). The topological polar surface area (TPSA) is 81.1 Å². The Labute approximate surface area is 138 Å². The number of amides is 1. The fourth-order valence-electron chi connectivity index (χ4n) is 3.21. The van der Waals surface area contributed by atoms with Gasteiger partial charge in [0.05, 0.1) is 23.8 Å². The summed E-state index contributed by atoms with van der Waals surface area (Å²) in [5.41, 5.74) is 0.409. The van der Waals surface area contributed by atoms with Crippen molar-refractivity contribution in [3.63, 3.8) is 0 Å². The van der Waals surface area contributed by atoms with Crippen LogP contribution in [0.2, 0.25) is 0 Å². The molecule has 0 bridgehead atoms. The first kappa shape index (κ1) is 14.8. The van der Waals surface area contributed by atoms with E-state index < -0.39 is 5.54 Å². The summed E-state index contributed by atoms with van der Waals surface area (Å²) in [6, 6.07) is 1.86. The Hall–Kier alpha value is -1.77. The average Bonchev–Trinajstić information content (AvgIpc) is 3.24. The molecule has 0 unspecified atom stereocenters. The lowest BCUT2D eigenvalue weighted by Crippen LogP contribution is -2.52. The molecule has 0 radical (unpaired) electrons. The van der Waals surface area contributed by atoms with Crippen LogP contribution in [0.25, 0.3) is 0 Å². The van der Waals surface area contributed by atoms with E-state index in [-0.39, 0.29) is 5.91 Å². The molecule has 7 nitrogen and oxygen atoms in total. The SMILES string of the molecule is O=C(Nc1nc2c(s1)COCC2)C1(n2cccn2)CCNCC1. The molecule has 2 N–H and O–H groups in total. The van der Waals surface area contributed by atoms with Crippen LogP contribution in [0.1, 0.15) is 23.4 Å². The number of nitrogens with zero attached hydrogens (tertiary/aromatic N) is 3. The van der Waals surface area contributed by atoms with E-state index >= 15 is 0 Å². The largest absolute Gasteiger partial charge is 0.375 e. The van der Waals surface area contributed by atoms with E-state index in [1.165, 1.54) is 11.3 Å². The van der Waals surface area contributed by atoms with Gasteiger partial charge < -0.3 is 10.1 Å². The lowest BCUT2D eigenvalue weighted by atomic mass is 9.87. The standard InChI is InChI=1S/C15H19N5O2S/c21-13(19-14-18-11-2-9-22-10-12(11)23-14)15(3-6-16-7-4-15)20-8-1-5-17-20/h1,5,8,16H,2-4,6-7,9-10H2,(H,18,19,21). The first-order chi connectivity index (χ1) is 11.3. The maximum Gasteiger partial charge on any atom is 0.254 e. The Balaban J connectivity index is 1.59. The van der Waals surface area contributed by atoms with Crippen LogP contribution in [0.15, 0.2) is 18.5 Å². The molecule has 0 spiro atoms. The lowest BCUT2D eigenvalue weighted by Gasteiger charge is -2.36. The van der Waals surface area contributed by atoms with E-state index in [0.29, 0.717) is 31.2 Å². The number of piperidine rings is 1. The predicted octanol–water partition coefficient (Wildman–Crippen LogP) is 1.13. The van der Waals surface area contributed by atoms with Gasteiger partial charge in [-0.3, -0.25) is 14.8 Å². The molecule has 2 aromatic heterocycles. The zero-order valence-corrected chi connectivity index (χ0v) is 13.6. The summed E-state index contributed by atoms with van der Waals surface area (Å²) in [5.74, 6) is -0.0327. The monoisotopic (exact) mass is 333 g/mol. The first-order valence-electron chi connectivity index (χ1n) is 7.86. The molecule has 0 saturated carbocycles. The number of hydrogen-bond donors (Lipinski definition) is 2. The molecular weight excluding hydrogens is 314 g/mol. The molecule has 0 atom stereocenters. The molecule has 2 aromatic rings. The molecular formula is C15H19N5O2S. The molecule has 23 heavy (non-hydrogen) atoms. The maximum absolute atomic E-state index is 13.0. The van der Waals surface area contributed by atoms with Crippen LogP contribution in [0.3, 0.4) is 0 Å². The number of carbonyl (C=O) groups excluding carboxylic acids is 1. The molecule has 1 fully saturated rings. The van der Waals surface area contributed by atoms with Crippen molar-refractivity contribution in [1.29, 1.82) is 0 Å². The molecule has 122 valence electrons. The minimum Gasteiger partial charge on any atom is -0.375 e. The lowest BCUT2D eigenvalue weighted by molar-refractivity contribution is -0.126. The number of rotatable bonds is 3. The highest BCUT2D eigenvalue weighted by atomic mass is 32.1. The van der Waals surface area contributed by atoms with Gasteiger partial charge in [0.1, 0.15) is 5.54 Å². The van der Waals surface area contributed by atoms with Gasteiger partial charge in [-0.1, -0.05) is 11.3 Å². The predicted molar refractivity (Wildman–Crippen MR) is 86.4 cm³/mol. The highest BCUT2D eigenvalue weighted by Crippen LogP contribution is 2.31. The molecule has 1 saturated heterocycles. The second kappa shape index (κ2) is 6.03. The summed E-state index contributed by atoms with van der Waals surface area (Å²) in [6.45, 7) is 2.90. The Morgan fingerprint density at radius 1 is 1.43 bits per heavy atom. The molecule has 4 heterocycles. The Morgan fingerprint density at radius 3 is 3.04 bits per heavy atom. The van der Waals surface area contributed by atoms with Gasteiger partial charge in [0.25, 0.3) is 5.91 Å². The van der Waals surface area contributed by atoms with Gasteiger partial charge in [-0.25, -0.2) is 4.98 Å². The molecule has 8 heteroatoms. The third-order valence-electron chi connectivity index (χ3n) is 4.51. The second-order valence-electron chi connectivity index (χ2n) is 5.88. The summed E-state index contributed by atoms with van der Waals surface area (Å²) in [7, 11) is 0. The average molecular weight is 333 g/mol. The third-order valence-corrected chi connectivity index (χ3v) is 5.50. The third kappa shape index (κ3) is 2.66. The van der Waals surface area contributed by atoms with Gasteiger partial charge in [-0.2, -0.15) is 5.10 Å². The van der Waals surface area contributed by atoms with Gasteiger partial charge in [-0.05, 0) is 32.0 Å². The summed E-state index contributed by atoms with van der Waals surface area (Å²) in [6.07, 6.45) is 5.83. The summed E-state index contributed by atoms with van der Waals surface area (Å²) >= 11 is 1.51. The highest BCUT2D eigenvalue weighted by molar-refractivity contribution is 7.15. The van der Waals surface area contributed by atoms with Gasteiger partial charge in [-0.15, -0.1) is 0 Å². The molecule has 2 aliphatic heterocycles. The van der Waals surface area contributed by atoms with E-state index in [0.717, 1.165) is 30.1 Å². The van der Waals surface area contributed by atoms with Crippen LogP contribution in [0, 0.1) is 0 Å². The van der Waals surface area contributed by atoms with Crippen molar-refractivity contribution in [2.45, 2.75) is 31.4 Å². The number of aromatic nitrogens is 3. The Kier molecular flexibility index (Phi) is 3.88. The molecule has 2 aliphatic rings. The van der Waals surface area contributed by atoms with Gasteiger partial charge >= 0.3 is 0 Å². The van der Waals surface area contributed by atoms with Gasteiger partial charge in [0.2, 0.25) is 0 Å². The van der Waals surface area contributed by atoms with E-state index in [4.69, 9.17) is 4.74 Å². The summed E-state index contributed by atoms with van der Waals surface area (Å²) in [4.78, 5) is 18.7. The van der Waals surface area contributed by atoms with Crippen LogP contribution in [0.4, 0.5) is 5.13 Å². The number of nitrogens with one attached hydrogen (secondary N) is 2. The molecule has 1 amide bonds.